The van der Waals surface area contributed by atoms with Crippen LogP contribution in [0.4, 0.5) is 4.79 Å². The normalized spacial score (nSPS) is 24.7. The van der Waals surface area contributed by atoms with Crippen LogP contribution in [0.15, 0.2) is 24.3 Å². The maximum absolute atomic E-state index is 13.5. The number of amides is 3. The molecule has 11 heteroatoms. The van der Waals surface area contributed by atoms with Crippen molar-refractivity contribution in [1.82, 2.24) is 20.0 Å². The van der Waals surface area contributed by atoms with Gasteiger partial charge in [0.05, 0.1) is 23.7 Å². The molecule has 11 nitrogen and oxygen atoms in total. The number of carboxylic acids is 1. The van der Waals surface area contributed by atoms with Crippen molar-refractivity contribution in [3.05, 3.63) is 35.4 Å². The Morgan fingerprint density at radius 3 is 2.66 bits per heavy atom. The van der Waals surface area contributed by atoms with Crippen molar-refractivity contribution in [3.8, 4) is 6.07 Å². The molecule has 2 bridgehead atoms. The Morgan fingerprint density at radius 2 is 2.03 bits per heavy atom. The predicted octanol–water partition coefficient (Wildman–Crippen LogP) is 2.14. The van der Waals surface area contributed by atoms with Gasteiger partial charge in [0.1, 0.15) is 17.7 Å². The Morgan fingerprint density at radius 1 is 1.29 bits per heavy atom. The number of nitrogens with zero attached hydrogens (tertiary/aromatic N) is 4. The highest BCUT2D eigenvalue weighted by molar-refractivity contribution is 5.89. The van der Waals surface area contributed by atoms with Gasteiger partial charge in [-0.15, -0.1) is 0 Å². The van der Waals surface area contributed by atoms with Crippen molar-refractivity contribution in [2.24, 2.45) is 0 Å². The fourth-order valence-electron chi connectivity index (χ4n) is 5.73. The predicted molar refractivity (Wildman–Crippen MR) is 136 cm³/mol. The average molecular weight is 526 g/mol. The molecule has 204 valence electrons. The fraction of sp³-hybridized carbons (Fsp3) is 0.593. The number of fused-ring (bicyclic) bond motifs is 2. The Balaban J connectivity index is 1.49. The minimum absolute atomic E-state index is 0.0889. The highest BCUT2D eigenvalue weighted by Gasteiger charge is 2.52. The topological polar surface area (TPSA) is 143 Å². The first kappa shape index (κ1) is 27.4. The van der Waals surface area contributed by atoms with Crippen LogP contribution in [0.25, 0.3) is 0 Å². The molecule has 3 amide bonds. The highest BCUT2D eigenvalue weighted by Crippen LogP contribution is 2.38. The molecular weight excluding hydrogens is 490 g/mol. The molecule has 3 aliphatic rings. The molecule has 0 radical (unpaired) electrons. The van der Waals surface area contributed by atoms with Crippen LogP contribution in [0.5, 0.6) is 0 Å². The Hall–Kier alpha value is -3.65. The molecule has 4 rings (SSSR count). The number of rotatable bonds is 7. The van der Waals surface area contributed by atoms with Crippen molar-refractivity contribution < 1.29 is 29.0 Å². The number of hydrogen-bond donors (Lipinski definition) is 2. The minimum Gasteiger partial charge on any atom is -0.478 e. The number of carbonyl (C=O) groups is 4. The summed E-state index contributed by atoms with van der Waals surface area (Å²) in [7, 11) is 0. The molecular formula is C27H35N5O6. The summed E-state index contributed by atoms with van der Waals surface area (Å²) in [6, 6.07) is 6.38. The first-order chi connectivity index (χ1) is 17.9. The zero-order valence-electron chi connectivity index (χ0n) is 22.2. The van der Waals surface area contributed by atoms with Crippen molar-refractivity contribution in [2.75, 3.05) is 19.6 Å². The molecule has 5 atom stereocenters. The van der Waals surface area contributed by atoms with Gasteiger partial charge in [0.2, 0.25) is 11.8 Å². The number of benzene rings is 1. The Kier molecular flexibility index (Phi) is 7.65. The largest absolute Gasteiger partial charge is 0.478 e. The number of piperazine rings is 1. The number of ether oxygens (including phenoxy) is 1. The van der Waals surface area contributed by atoms with Crippen LogP contribution in [0.1, 0.15) is 68.9 Å². The molecule has 3 fully saturated rings. The lowest BCUT2D eigenvalue weighted by Crippen LogP contribution is -2.59. The lowest BCUT2D eigenvalue weighted by atomic mass is 10.0. The summed E-state index contributed by atoms with van der Waals surface area (Å²) in [4.78, 5) is 56.1. The first-order valence-corrected chi connectivity index (χ1v) is 13.0. The lowest BCUT2D eigenvalue weighted by Gasteiger charge is -2.39. The number of alkyl carbamates (subject to hydrolysis) is 1. The van der Waals surface area contributed by atoms with Gasteiger partial charge in [-0.2, -0.15) is 5.26 Å². The second-order valence-electron chi connectivity index (χ2n) is 11.2. The van der Waals surface area contributed by atoms with Crippen LogP contribution in [0, 0.1) is 11.3 Å². The molecule has 0 spiro atoms. The van der Waals surface area contributed by atoms with Crippen LogP contribution in [0.2, 0.25) is 0 Å². The molecule has 3 aliphatic heterocycles. The van der Waals surface area contributed by atoms with E-state index in [1.807, 2.05) is 17.9 Å². The second-order valence-corrected chi connectivity index (χ2v) is 11.2. The van der Waals surface area contributed by atoms with Crippen molar-refractivity contribution in [3.63, 3.8) is 0 Å². The molecule has 4 unspecified atom stereocenters. The van der Waals surface area contributed by atoms with E-state index in [0.29, 0.717) is 32.4 Å². The second kappa shape index (κ2) is 10.6. The van der Waals surface area contributed by atoms with E-state index in [1.54, 1.807) is 37.8 Å². The van der Waals surface area contributed by atoms with Gasteiger partial charge in [0, 0.05) is 25.7 Å². The van der Waals surface area contributed by atoms with Crippen molar-refractivity contribution in [1.29, 1.82) is 5.26 Å². The standard InChI is InChI=1S/C27H35N5O6/c1-16(17-7-5-8-18(11-17)25(35)36)32-20-12-22(24(32)34)30(14-20)15-21(29-26(37)38-27(2,3)4)23(33)31-10-6-9-19(31)13-28/h5,7-8,11,16,19-22H,6,9-10,12,14-15H2,1-4H3,(H,29,37)(H,35,36)/t16?,19?,20-,21?,22?/m0/s1. The monoisotopic (exact) mass is 525 g/mol. The third kappa shape index (κ3) is 5.60. The van der Waals surface area contributed by atoms with E-state index in [4.69, 9.17) is 4.74 Å². The van der Waals surface area contributed by atoms with E-state index >= 15 is 0 Å². The smallest absolute Gasteiger partial charge is 0.408 e. The number of aromatic carboxylic acids is 1. The number of hydrogen-bond acceptors (Lipinski definition) is 7. The fourth-order valence-corrected chi connectivity index (χ4v) is 5.73. The van der Waals surface area contributed by atoms with E-state index in [2.05, 4.69) is 11.4 Å². The van der Waals surface area contributed by atoms with Crippen LogP contribution in [-0.4, -0.2) is 93.1 Å². The summed E-state index contributed by atoms with van der Waals surface area (Å²) < 4.78 is 5.38. The Bertz CT molecular complexity index is 1160. The molecule has 3 heterocycles. The summed E-state index contributed by atoms with van der Waals surface area (Å²) in [6.07, 6.45) is 1.16. The molecule has 0 aromatic heterocycles. The van der Waals surface area contributed by atoms with Gasteiger partial charge in [0.15, 0.2) is 0 Å². The van der Waals surface area contributed by atoms with E-state index in [9.17, 15) is 29.5 Å². The molecule has 1 aromatic rings. The van der Waals surface area contributed by atoms with E-state index in [1.165, 1.54) is 11.0 Å². The molecule has 2 N–H and O–H groups in total. The lowest BCUT2D eigenvalue weighted by molar-refractivity contribution is -0.141. The maximum atomic E-state index is 13.5. The third-order valence-corrected chi connectivity index (χ3v) is 7.44. The third-order valence-electron chi connectivity index (χ3n) is 7.44. The zero-order chi connectivity index (χ0) is 27.8. The summed E-state index contributed by atoms with van der Waals surface area (Å²) >= 11 is 0. The van der Waals surface area contributed by atoms with E-state index < -0.39 is 35.8 Å². The summed E-state index contributed by atoms with van der Waals surface area (Å²) in [5.41, 5.74) is 0.158. The zero-order valence-corrected chi connectivity index (χ0v) is 22.2. The molecule has 0 aliphatic carbocycles. The van der Waals surface area contributed by atoms with Crippen LogP contribution >= 0.6 is 0 Å². The number of nitrogens with one attached hydrogen (secondary N) is 1. The first-order valence-electron chi connectivity index (χ1n) is 13.0. The van der Waals surface area contributed by atoms with Crippen LogP contribution < -0.4 is 5.32 Å². The number of carboxylic acid groups (broad SMARTS) is 1. The quantitative estimate of drug-likeness (QED) is 0.551. The van der Waals surface area contributed by atoms with Gasteiger partial charge in [-0.3, -0.25) is 14.5 Å². The number of carbonyl (C=O) groups excluding carboxylic acids is 3. The maximum Gasteiger partial charge on any atom is 0.408 e. The summed E-state index contributed by atoms with van der Waals surface area (Å²) in [5.74, 6) is -1.47. The summed E-state index contributed by atoms with van der Waals surface area (Å²) in [6.45, 7) is 8.16. The van der Waals surface area contributed by atoms with E-state index in [-0.39, 0.29) is 36.0 Å². The van der Waals surface area contributed by atoms with E-state index in [0.717, 1.165) is 5.56 Å². The number of nitriles is 1. The molecule has 38 heavy (non-hydrogen) atoms. The van der Waals surface area contributed by atoms with Crippen LogP contribution in [0.3, 0.4) is 0 Å². The molecule has 1 aromatic carbocycles. The molecule has 0 saturated carbocycles. The SMILES string of the molecule is CC(c1cccc(C(=O)O)c1)N1C(=O)C2C[C@H]1CN2CC(NC(=O)OC(C)(C)C)C(=O)N1CCCC1C#N. The van der Waals surface area contributed by atoms with Gasteiger partial charge in [-0.25, -0.2) is 9.59 Å². The van der Waals surface area contributed by atoms with Gasteiger partial charge in [0.25, 0.3) is 0 Å². The van der Waals surface area contributed by atoms with Crippen molar-refractivity contribution >= 4 is 23.9 Å². The van der Waals surface area contributed by atoms with Gasteiger partial charge in [-0.1, -0.05) is 12.1 Å². The highest BCUT2D eigenvalue weighted by atomic mass is 16.6. The Labute approximate surface area is 222 Å². The van der Waals surface area contributed by atoms with Crippen LogP contribution in [-0.2, 0) is 14.3 Å². The van der Waals surface area contributed by atoms with Gasteiger partial charge in [-0.05, 0) is 64.7 Å². The summed E-state index contributed by atoms with van der Waals surface area (Å²) in [5, 5.41) is 21.5. The van der Waals surface area contributed by atoms with Crippen molar-refractivity contribution in [2.45, 2.75) is 82.8 Å². The van der Waals surface area contributed by atoms with Gasteiger partial charge < -0.3 is 25.0 Å². The van der Waals surface area contributed by atoms with Gasteiger partial charge >= 0.3 is 12.1 Å². The number of likely N-dealkylation sites (tertiary alicyclic amines) is 3. The minimum atomic E-state index is -1.02. The average Bonchev–Trinajstić information content (AvgIpc) is 3.56. The molecule has 3 saturated heterocycles.